The summed E-state index contributed by atoms with van der Waals surface area (Å²) < 4.78 is 16.8. The Kier molecular flexibility index (Phi) is 5.63. The van der Waals surface area contributed by atoms with Crippen LogP contribution in [0.3, 0.4) is 0 Å². The molecule has 1 fully saturated rings. The van der Waals surface area contributed by atoms with Gasteiger partial charge in [0.25, 0.3) is 0 Å². The van der Waals surface area contributed by atoms with Crippen molar-refractivity contribution < 1.29 is 14.0 Å². The van der Waals surface area contributed by atoms with E-state index in [0.717, 1.165) is 5.56 Å². The molecule has 3 heterocycles. The van der Waals surface area contributed by atoms with E-state index in [1.165, 1.54) is 0 Å². The fraction of sp³-hybridized carbons (Fsp3) is 0.278. The van der Waals surface area contributed by atoms with E-state index >= 15 is 0 Å². The molecular formula is C18H16Cl2N4O4. The number of ether oxygens (including phenoxy) is 2. The number of rotatable bonds is 4. The van der Waals surface area contributed by atoms with E-state index in [2.05, 4.69) is 25.0 Å². The van der Waals surface area contributed by atoms with Crippen molar-refractivity contribution in [2.24, 2.45) is 0 Å². The summed E-state index contributed by atoms with van der Waals surface area (Å²) in [5.74, 6) is -0.117. The molecule has 2 N–H and O–H groups in total. The number of aromatic nitrogens is 3. The summed E-state index contributed by atoms with van der Waals surface area (Å²) in [6.07, 6.45) is 0.791. The van der Waals surface area contributed by atoms with Gasteiger partial charge in [0.15, 0.2) is 5.82 Å². The van der Waals surface area contributed by atoms with E-state index in [4.69, 9.17) is 32.7 Å². The number of halogens is 2. The van der Waals surface area contributed by atoms with Crippen LogP contribution in [0.4, 0.5) is 0 Å². The number of benzene rings is 1. The lowest BCUT2D eigenvalue weighted by Crippen LogP contribution is -2.34. The van der Waals surface area contributed by atoms with E-state index in [1.54, 1.807) is 30.5 Å². The SMILES string of the molecule is O=c1[nH]c(-c2cccnc2O[C@@H]2CNCCO[C@H]2c2ccc(Cl)c(Cl)c2)no1. The van der Waals surface area contributed by atoms with Crippen molar-refractivity contribution in [3.05, 3.63) is 62.7 Å². The smallest absolute Gasteiger partial charge is 0.439 e. The van der Waals surface area contributed by atoms with Crippen molar-refractivity contribution in [2.75, 3.05) is 19.7 Å². The molecule has 146 valence electrons. The van der Waals surface area contributed by atoms with Crippen LogP contribution in [-0.2, 0) is 4.74 Å². The topological polar surface area (TPSA) is 102 Å². The Morgan fingerprint density at radius 3 is 2.89 bits per heavy atom. The van der Waals surface area contributed by atoms with E-state index in [0.29, 0.717) is 41.2 Å². The van der Waals surface area contributed by atoms with Gasteiger partial charge in [0.2, 0.25) is 5.88 Å². The number of nitrogens with one attached hydrogen (secondary N) is 2. The Hall–Kier alpha value is -2.39. The summed E-state index contributed by atoms with van der Waals surface area (Å²) in [6.45, 7) is 1.72. The molecule has 2 atom stereocenters. The molecule has 28 heavy (non-hydrogen) atoms. The Balaban J connectivity index is 1.66. The van der Waals surface area contributed by atoms with Crippen LogP contribution in [-0.4, -0.2) is 40.9 Å². The first-order valence-electron chi connectivity index (χ1n) is 8.57. The number of hydrogen-bond acceptors (Lipinski definition) is 7. The lowest BCUT2D eigenvalue weighted by Gasteiger charge is -2.26. The molecule has 0 saturated carbocycles. The highest BCUT2D eigenvalue weighted by molar-refractivity contribution is 6.42. The lowest BCUT2D eigenvalue weighted by atomic mass is 10.0. The lowest BCUT2D eigenvalue weighted by molar-refractivity contribution is -0.00981. The highest BCUT2D eigenvalue weighted by Crippen LogP contribution is 2.33. The van der Waals surface area contributed by atoms with Crippen LogP contribution in [0, 0.1) is 0 Å². The molecule has 4 rings (SSSR count). The Morgan fingerprint density at radius 2 is 2.11 bits per heavy atom. The summed E-state index contributed by atoms with van der Waals surface area (Å²) in [5, 5.41) is 7.90. The second-order valence-electron chi connectivity index (χ2n) is 6.13. The van der Waals surface area contributed by atoms with Crippen LogP contribution in [0.1, 0.15) is 11.7 Å². The van der Waals surface area contributed by atoms with Gasteiger partial charge in [-0.15, -0.1) is 0 Å². The van der Waals surface area contributed by atoms with Gasteiger partial charge >= 0.3 is 5.76 Å². The van der Waals surface area contributed by atoms with E-state index in [-0.39, 0.29) is 5.82 Å². The first-order chi connectivity index (χ1) is 13.6. The van der Waals surface area contributed by atoms with Gasteiger partial charge in [-0.25, -0.2) is 9.78 Å². The molecule has 0 amide bonds. The van der Waals surface area contributed by atoms with Crippen molar-refractivity contribution >= 4 is 23.2 Å². The van der Waals surface area contributed by atoms with Crippen LogP contribution in [0.5, 0.6) is 5.88 Å². The van der Waals surface area contributed by atoms with Crippen molar-refractivity contribution in [3.8, 4) is 17.3 Å². The van der Waals surface area contributed by atoms with E-state index < -0.39 is 18.0 Å². The van der Waals surface area contributed by atoms with Gasteiger partial charge < -0.3 is 14.8 Å². The fourth-order valence-electron chi connectivity index (χ4n) is 2.97. The zero-order valence-electron chi connectivity index (χ0n) is 14.5. The second-order valence-corrected chi connectivity index (χ2v) is 6.94. The highest BCUT2D eigenvalue weighted by Gasteiger charge is 2.30. The third-order valence-electron chi connectivity index (χ3n) is 4.26. The summed E-state index contributed by atoms with van der Waals surface area (Å²) in [6, 6.07) is 8.80. The zero-order chi connectivity index (χ0) is 19.5. The maximum absolute atomic E-state index is 11.3. The molecule has 1 aliphatic rings. The summed E-state index contributed by atoms with van der Waals surface area (Å²) in [7, 11) is 0. The van der Waals surface area contributed by atoms with Gasteiger partial charge in [-0.3, -0.25) is 9.51 Å². The minimum absolute atomic E-state index is 0.238. The number of hydrogen-bond donors (Lipinski definition) is 2. The van der Waals surface area contributed by atoms with Crippen molar-refractivity contribution in [1.29, 1.82) is 0 Å². The van der Waals surface area contributed by atoms with Gasteiger partial charge in [-0.1, -0.05) is 34.4 Å². The second kappa shape index (κ2) is 8.32. The van der Waals surface area contributed by atoms with Gasteiger partial charge in [0, 0.05) is 19.3 Å². The number of H-pyrrole nitrogens is 1. The largest absolute Gasteiger partial charge is 0.469 e. The van der Waals surface area contributed by atoms with Crippen molar-refractivity contribution in [3.63, 3.8) is 0 Å². The van der Waals surface area contributed by atoms with Gasteiger partial charge in [0.05, 0.1) is 22.2 Å². The molecule has 3 aromatic rings. The molecule has 0 unspecified atom stereocenters. The minimum atomic E-state index is -0.655. The Bertz CT molecular complexity index is 1020. The minimum Gasteiger partial charge on any atom is -0.469 e. The highest BCUT2D eigenvalue weighted by atomic mass is 35.5. The number of pyridine rings is 1. The predicted molar refractivity (Wildman–Crippen MR) is 103 cm³/mol. The molecule has 2 aromatic heterocycles. The van der Waals surface area contributed by atoms with Gasteiger partial charge in [-0.05, 0) is 29.8 Å². The molecule has 0 aliphatic carbocycles. The fourth-order valence-corrected chi connectivity index (χ4v) is 3.28. The van der Waals surface area contributed by atoms with Gasteiger partial charge in [-0.2, -0.15) is 0 Å². The molecule has 0 spiro atoms. The average Bonchev–Trinajstić information content (AvgIpc) is 2.99. The molecule has 0 bridgehead atoms. The van der Waals surface area contributed by atoms with Crippen LogP contribution < -0.4 is 15.8 Å². The van der Waals surface area contributed by atoms with Crippen LogP contribution in [0.2, 0.25) is 10.0 Å². The van der Waals surface area contributed by atoms with Crippen LogP contribution in [0.15, 0.2) is 45.8 Å². The molecule has 8 nitrogen and oxygen atoms in total. The molecule has 10 heteroatoms. The molecule has 1 aromatic carbocycles. The Labute approximate surface area is 169 Å². The zero-order valence-corrected chi connectivity index (χ0v) is 16.0. The monoisotopic (exact) mass is 422 g/mol. The number of aromatic amines is 1. The molecule has 1 saturated heterocycles. The molecule has 1 aliphatic heterocycles. The van der Waals surface area contributed by atoms with E-state index in [1.807, 2.05) is 6.07 Å². The maximum atomic E-state index is 11.3. The van der Waals surface area contributed by atoms with Crippen molar-refractivity contribution in [1.82, 2.24) is 20.4 Å². The first-order valence-corrected chi connectivity index (χ1v) is 9.33. The van der Waals surface area contributed by atoms with E-state index in [9.17, 15) is 4.79 Å². The maximum Gasteiger partial charge on any atom is 0.439 e. The van der Waals surface area contributed by atoms with Crippen LogP contribution in [0.25, 0.3) is 11.4 Å². The van der Waals surface area contributed by atoms with Gasteiger partial charge in [0.1, 0.15) is 12.2 Å². The average molecular weight is 423 g/mol. The third-order valence-corrected chi connectivity index (χ3v) is 5.00. The first kappa shape index (κ1) is 18.9. The van der Waals surface area contributed by atoms with Crippen molar-refractivity contribution in [2.45, 2.75) is 12.2 Å². The third kappa shape index (κ3) is 4.05. The normalized spacial score (nSPS) is 19.9. The summed E-state index contributed by atoms with van der Waals surface area (Å²) in [5.41, 5.74) is 1.35. The summed E-state index contributed by atoms with van der Waals surface area (Å²) in [4.78, 5) is 18.1. The summed E-state index contributed by atoms with van der Waals surface area (Å²) >= 11 is 12.2. The molecular weight excluding hydrogens is 407 g/mol. The Morgan fingerprint density at radius 1 is 1.21 bits per heavy atom. The molecule has 0 radical (unpaired) electrons. The predicted octanol–water partition coefficient (Wildman–Crippen LogP) is 2.84. The number of nitrogens with zero attached hydrogens (tertiary/aromatic N) is 2. The van der Waals surface area contributed by atoms with Crippen LogP contribution >= 0.6 is 23.2 Å². The standard InChI is InChI=1S/C18H16Cl2N4O4/c19-12-4-3-10(8-13(12)20)15-14(9-21-6-7-26-15)27-17-11(2-1-5-22-17)16-23-18(25)28-24-16/h1-5,8,14-15,21H,6-7,9H2,(H,23,24,25)/t14-,15+/m1/s1. The quantitative estimate of drug-likeness (QED) is 0.665.